The number of hydrogen-bond donors (Lipinski definition) is 0. The van der Waals surface area contributed by atoms with Gasteiger partial charge in [-0.2, -0.15) is 0 Å². The monoisotopic (exact) mass is 472 g/mol. The van der Waals surface area contributed by atoms with E-state index in [0.717, 1.165) is 41.7 Å². The highest BCUT2D eigenvalue weighted by molar-refractivity contribution is 9.11. The van der Waals surface area contributed by atoms with Gasteiger partial charge in [0.1, 0.15) is 5.75 Å². The van der Waals surface area contributed by atoms with Crippen molar-refractivity contribution in [2.75, 3.05) is 32.8 Å². The van der Waals surface area contributed by atoms with Crippen LogP contribution in [0.5, 0.6) is 5.75 Å². The number of hydrogen-bond acceptors (Lipinski definition) is 4. The minimum atomic E-state index is 0.0422. The fraction of sp³-hybridized carbons (Fsp3) is 0.353. The van der Waals surface area contributed by atoms with Gasteiger partial charge in [0.25, 0.3) is 5.91 Å². The fourth-order valence-corrected chi connectivity index (χ4v) is 4.51. The van der Waals surface area contributed by atoms with Crippen LogP contribution < -0.4 is 4.74 Å². The first-order valence-corrected chi connectivity index (χ1v) is 10.2. The molecule has 0 spiro atoms. The summed E-state index contributed by atoms with van der Waals surface area (Å²) in [5, 5.41) is 2.10. The van der Waals surface area contributed by atoms with E-state index in [1.165, 1.54) is 4.88 Å². The van der Waals surface area contributed by atoms with Crippen molar-refractivity contribution < 1.29 is 9.53 Å². The van der Waals surface area contributed by atoms with Gasteiger partial charge >= 0.3 is 0 Å². The van der Waals surface area contributed by atoms with Crippen LogP contribution in [0, 0.1) is 0 Å². The van der Waals surface area contributed by atoms with E-state index in [2.05, 4.69) is 54.3 Å². The molecule has 1 saturated heterocycles. The van der Waals surface area contributed by atoms with E-state index in [4.69, 9.17) is 4.74 Å². The van der Waals surface area contributed by atoms with Gasteiger partial charge in [-0.15, -0.1) is 11.3 Å². The molecule has 128 valence electrons. The van der Waals surface area contributed by atoms with Crippen LogP contribution >= 0.6 is 43.2 Å². The summed E-state index contributed by atoms with van der Waals surface area (Å²) in [6.45, 7) is 4.38. The normalized spacial score (nSPS) is 15.5. The molecule has 1 amide bonds. The first-order chi connectivity index (χ1) is 11.6. The molecule has 0 atom stereocenters. The first-order valence-electron chi connectivity index (χ1n) is 7.72. The maximum absolute atomic E-state index is 12.3. The first kappa shape index (κ1) is 17.9. The molecule has 1 fully saturated rings. The zero-order chi connectivity index (χ0) is 16.9. The highest BCUT2D eigenvalue weighted by Gasteiger charge is 2.21. The number of amides is 1. The third kappa shape index (κ3) is 4.81. The number of carbonyl (C=O) groups is 1. The van der Waals surface area contributed by atoms with Gasteiger partial charge in [0.05, 0.1) is 4.47 Å². The second kappa shape index (κ2) is 8.47. The summed E-state index contributed by atoms with van der Waals surface area (Å²) in [6, 6.07) is 9.89. The van der Waals surface area contributed by atoms with Gasteiger partial charge in [-0.3, -0.25) is 9.69 Å². The largest absolute Gasteiger partial charge is 0.483 e. The van der Waals surface area contributed by atoms with E-state index in [0.29, 0.717) is 5.75 Å². The molecule has 2 heterocycles. The molecule has 0 bridgehead atoms. The van der Waals surface area contributed by atoms with E-state index in [9.17, 15) is 4.79 Å². The summed E-state index contributed by atoms with van der Waals surface area (Å²) in [5.74, 6) is 0.725. The Labute approximate surface area is 162 Å². The SMILES string of the molecule is O=C(COc1ccc(Br)cc1Br)N1CCN(Cc2cccs2)CC1. The molecule has 1 aromatic heterocycles. The van der Waals surface area contributed by atoms with Gasteiger partial charge < -0.3 is 9.64 Å². The van der Waals surface area contributed by atoms with E-state index in [1.54, 1.807) is 11.3 Å². The van der Waals surface area contributed by atoms with Crippen molar-refractivity contribution in [2.24, 2.45) is 0 Å². The summed E-state index contributed by atoms with van der Waals surface area (Å²) >= 11 is 8.63. The number of rotatable bonds is 5. The Balaban J connectivity index is 1.45. The molecule has 1 aliphatic rings. The topological polar surface area (TPSA) is 32.8 Å². The number of thiophene rings is 1. The van der Waals surface area contributed by atoms with Crippen molar-refractivity contribution in [2.45, 2.75) is 6.54 Å². The number of piperazine rings is 1. The Kier molecular flexibility index (Phi) is 6.32. The molecular weight excluding hydrogens is 456 g/mol. The summed E-state index contributed by atoms with van der Waals surface area (Å²) in [4.78, 5) is 18.0. The van der Waals surface area contributed by atoms with Gasteiger partial charge in [0, 0.05) is 42.1 Å². The molecule has 1 aromatic carbocycles. The van der Waals surface area contributed by atoms with E-state index >= 15 is 0 Å². The van der Waals surface area contributed by atoms with Crippen molar-refractivity contribution in [3.05, 3.63) is 49.5 Å². The number of halogens is 2. The van der Waals surface area contributed by atoms with Crippen molar-refractivity contribution in [3.8, 4) is 5.75 Å². The van der Waals surface area contributed by atoms with Crippen LogP contribution in [0.4, 0.5) is 0 Å². The van der Waals surface area contributed by atoms with Crippen LogP contribution in [-0.2, 0) is 11.3 Å². The minimum absolute atomic E-state index is 0.0422. The molecule has 1 aliphatic heterocycles. The molecular formula is C17H18Br2N2O2S. The number of nitrogens with zero attached hydrogens (tertiary/aromatic N) is 2. The molecule has 2 aromatic rings. The van der Waals surface area contributed by atoms with Crippen LogP contribution in [-0.4, -0.2) is 48.5 Å². The van der Waals surface area contributed by atoms with E-state index < -0.39 is 0 Å². The number of benzene rings is 1. The standard InChI is InChI=1S/C17H18Br2N2O2S/c18-13-3-4-16(15(19)10-13)23-12-17(22)21-7-5-20(6-8-21)11-14-2-1-9-24-14/h1-4,9-10H,5-8,11-12H2. The quantitative estimate of drug-likeness (QED) is 0.658. The summed E-state index contributed by atoms with van der Waals surface area (Å²) < 4.78 is 7.45. The van der Waals surface area contributed by atoms with Crippen molar-refractivity contribution in [1.82, 2.24) is 9.80 Å². The zero-order valence-electron chi connectivity index (χ0n) is 13.1. The Hall–Kier alpha value is -0.890. The molecule has 0 N–H and O–H groups in total. The zero-order valence-corrected chi connectivity index (χ0v) is 17.1. The second-order valence-corrected chi connectivity index (χ2v) is 8.40. The van der Waals surface area contributed by atoms with Gasteiger partial charge in [-0.25, -0.2) is 0 Å². The number of carbonyl (C=O) groups excluding carboxylic acids is 1. The molecule has 0 unspecified atom stereocenters. The van der Waals surface area contributed by atoms with Gasteiger partial charge in [0.2, 0.25) is 0 Å². The average Bonchev–Trinajstić information content (AvgIpc) is 3.07. The molecule has 0 aliphatic carbocycles. The smallest absolute Gasteiger partial charge is 0.260 e. The van der Waals surface area contributed by atoms with Crippen molar-refractivity contribution in [1.29, 1.82) is 0 Å². The Bertz CT molecular complexity index is 686. The lowest BCUT2D eigenvalue weighted by molar-refractivity contribution is -0.135. The van der Waals surface area contributed by atoms with Gasteiger partial charge in [0.15, 0.2) is 6.61 Å². The average molecular weight is 474 g/mol. The third-order valence-electron chi connectivity index (χ3n) is 3.93. The maximum Gasteiger partial charge on any atom is 0.260 e. The van der Waals surface area contributed by atoms with E-state index in [-0.39, 0.29) is 12.5 Å². The van der Waals surface area contributed by atoms with Crippen molar-refractivity contribution in [3.63, 3.8) is 0 Å². The Morgan fingerprint density at radius 2 is 1.96 bits per heavy atom. The number of ether oxygens (including phenoxy) is 1. The van der Waals surface area contributed by atoms with Gasteiger partial charge in [-0.05, 0) is 45.6 Å². The summed E-state index contributed by atoms with van der Waals surface area (Å²) in [6.07, 6.45) is 0. The fourth-order valence-electron chi connectivity index (χ4n) is 2.60. The van der Waals surface area contributed by atoms with Crippen LogP contribution in [0.3, 0.4) is 0 Å². The summed E-state index contributed by atoms with van der Waals surface area (Å²) in [5.41, 5.74) is 0. The predicted molar refractivity (Wildman–Crippen MR) is 104 cm³/mol. The lowest BCUT2D eigenvalue weighted by Gasteiger charge is -2.34. The van der Waals surface area contributed by atoms with E-state index in [1.807, 2.05) is 23.1 Å². The molecule has 7 heteroatoms. The molecule has 3 rings (SSSR count). The lowest BCUT2D eigenvalue weighted by Crippen LogP contribution is -2.49. The summed E-state index contributed by atoms with van der Waals surface area (Å²) in [7, 11) is 0. The molecule has 24 heavy (non-hydrogen) atoms. The van der Waals surface area contributed by atoms with Crippen LogP contribution in [0.1, 0.15) is 4.88 Å². The molecule has 0 radical (unpaired) electrons. The van der Waals surface area contributed by atoms with Gasteiger partial charge in [-0.1, -0.05) is 22.0 Å². The minimum Gasteiger partial charge on any atom is -0.483 e. The second-order valence-electron chi connectivity index (χ2n) is 5.60. The molecule has 0 saturated carbocycles. The lowest BCUT2D eigenvalue weighted by atomic mass is 10.3. The predicted octanol–water partition coefficient (Wildman–Crippen LogP) is 4.00. The highest BCUT2D eigenvalue weighted by atomic mass is 79.9. The maximum atomic E-state index is 12.3. The van der Waals surface area contributed by atoms with Crippen LogP contribution in [0.2, 0.25) is 0 Å². The Morgan fingerprint density at radius 1 is 1.17 bits per heavy atom. The third-order valence-corrected chi connectivity index (χ3v) is 5.90. The molecule has 4 nitrogen and oxygen atoms in total. The van der Waals surface area contributed by atoms with Crippen molar-refractivity contribution >= 4 is 49.1 Å². The van der Waals surface area contributed by atoms with Crippen LogP contribution in [0.25, 0.3) is 0 Å². The van der Waals surface area contributed by atoms with Crippen LogP contribution in [0.15, 0.2) is 44.7 Å². The Morgan fingerprint density at radius 3 is 2.62 bits per heavy atom. The highest BCUT2D eigenvalue weighted by Crippen LogP contribution is 2.28.